The molecule has 5 nitrogen and oxygen atoms in total. The molecule has 0 saturated carbocycles. The van der Waals surface area contributed by atoms with Crippen molar-refractivity contribution >= 4 is 65.6 Å². The normalized spacial score (nSPS) is 12.0. The molecule has 0 fully saturated rings. The number of halogens is 1. The molecular formula is C13H10BrN5S2. The van der Waals surface area contributed by atoms with Crippen LogP contribution in [0.2, 0.25) is 0 Å². The van der Waals surface area contributed by atoms with Crippen molar-refractivity contribution in [3.05, 3.63) is 44.6 Å². The van der Waals surface area contributed by atoms with Gasteiger partial charge in [0.2, 0.25) is 5.13 Å². The van der Waals surface area contributed by atoms with Crippen molar-refractivity contribution in [2.24, 2.45) is 16.5 Å². The van der Waals surface area contributed by atoms with Crippen molar-refractivity contribution < 1.29 is 0 Å². The zero-order valence-electron chi connectivity index (χ0n) is 10.6. The fourth-order valence-corrected chi connectivity index (χ4v) is 4.35. The number of nitrogens with zero attached hydrogens (tertiary/aromatic N) is 2. The summed E-state index contributed by atoms with van der Waals surface area (Å²) < 4.78 is 1.81. The first-order chi connectivity index (χ1) is 10.1. The average Bonchev–Trinajstić information content (AvgIpc) is 3.01. The lowest BCUT2D eigenvalue weighted by molar-refractivity contribution is 1.38. The van der Waals surface area contributed by atoms with E-state index in [4.69, 9.17) is 16.9 Å². The van der Waals surface area contributed by atoms with E-state index in [1.807, 2.05) is 29.6 Å². The second-order valence-electron chi connectivity index (χ2n) is 4.16. The standard InChI is InChI=1S/C13H10BrN5S2/c14-6-5-20-10(9(6)11(15)16)12(17)19-13-18-7-3-1-2-4-8(7)21-13/h1-5H,(H3,15,16)(H2,17,18,19). The van der Waals surface area contributed by atoms with E-state index in [0.29, 0.717) is 21.4 Å². The van der Waals surface area contributed by atoms with Gasteiger partial charge < -0.3 is 11.5 Å². The van der Waals surface area contributed by atoms with E-state index < -0.39 is 0 Å². The van der Waals surface area contributed by atoms with Gasteiger partial charge in [-0.05, 0) is 28.1 Å². The minimum atomic E-state index is -0.0411. The molecule has 3 rings (SSSR count). The van der Waals surface area contributed by atoms with Gasteiger partial charge in [-0.15, -0.1) is 11.3 Å². The van der Waals surface area contributed by atoms with Crippen LogP contribution in [-0.4, -0.2) is 16.7 Å². The molecule has 0 atom stereocenters. The van der Waals surface area contributed by atoms with E-state index in [-0.39, 0.29) is 5.84 Å². The Morgan fingerprint density at radius 2 is 2.05 bits per heavy atom. The molecule has 2 heterocycles. The molecule has 5 N–H and O–H groups in total. The Morgan fingerprint density at radius 3 is 2.76 bits per heavy atom. The number of nitrogens with one attached hydrogen (secondary N) is 1. The van der Waals surface area contributed by atoms with Crippen molar-refractivity contribution in [2.75, 3.05) is 0 Å². The Hall–Kier alpha value is -1.77. The molecule has 0 saturated heterocycles. The van der Waals surface area contributed by atoms with Gasteiger partial charge in [0.1, 0.15) is 11.7 Å². The number of hydrogen-bond donors (Lipinski definition) is 3. The maximum atomic E-state index is 7.63. The van der Waals surface area contributed by atoms with Crippen LogP contribution in [-0.2, 0) is 0 Å². The van der Waals surface area contributed by atoms with Crippen molar-refractivity contribution in [1.82, 2.24) is 4.98 Å². The molecule has 0 aliphatic heterocycles. The Labute approximate surface area is 137 Å². The van der Waals surface area contributed by atoms with Gasteiger partial charge in [0.25, 0.3) is 0 Å². The zero-order chi connectivity index (χ0) is 15.0. The number of para-hydroxylation sites is 1. The van der Waals surface area contributed by atoms with Gasteiger partial charge in [-0.25, -0.2) is 9.98 Å². The summed E-state index contributed by atoms with van der Waals surface area (Å²) in [6.45, 7) is 0. The fourth-order valence-electron chi connectivity index (χ4n) is 1.84. The number of fused-ring (bicyclic) bond motifs is 1. The first-order valence-electron chi connectivity index (χ1n) is 5.87. The number of aromatic nitrogens is 1. The number of nitrogen functional groups attached to an aromatic ring is 1. The van der Waals surface area contributed by atoms with E-state index in [1.54, 1.807) is 0 Å². The lowest BCUT2D eigenvalue weighted by atomic mass is 10.2. The van der Waals surface area contributed by atoms with Crippen LogP contribution in [0.25, 0.3) is 10.2 Å². The van der Waals surface area contributed by atoms with Crippen molar-refractivity contribution in [1.29, 1.82) is 5.41 Å². The van der Waals surface area contributed by atoms with Gasteiger partial charge in [-0.3, -0.25) is 5.41 Å². The van der Waals surface area contributed by atoms with Gasteiger partial charge in [0.05, 0.1) is 20.7 Å². The first-order valence-corrected chi connectivity index (χ1v) is 8.36. The van der Waals surface area contributed by atoms with Crippen LogP contribution >= 0.6 is 38.6 Å². The zero-order valence-corrected chi connectivity index (χ0v) is 13.8. The van der Waals surface area contributed by atoms with Crippen LogP contribution in [0.5, 0.6) is 0 Å². The largest absolute Gasteiger partial charge is 0.384 e. The highest BCUT2D eigenvalue weighted by Crippen LogP contribution is 2.30. The lowest BCUT2D eigenvalue weighted by Crippen LogP contribution is -2.19. The highest BCUT2D eigenvalue weighted by molar-refractivity contribution is 9.10. The summed E-state index contributed by atoms with van der Waals surface area (Å²) in [7, 11) is 0. The van der Waals surface area contributed by atoms with Gasteiger partial charge in [0.15, 0.2) is 0 Å². The van der Waals surface area contributed by atoms with E-state index in [0.717, 1.165) is 14.7 Å². The molecular weight excluding hydrogens is 370 g/mol. The number of hydrogen-bond acceptors (Lipinski definition) is 5. The van der Waals surface area contributed by atoms with E-state index in [1.165, 1.54) is 22.7 Å². The maximum absolute atomic E-state index is 7.63. The van der Waals surface area contributed by atoms with Gasteiger partial charge in [-0.2, -0.15) is 0 Å². The van der Waals surface area contributed by atoms with Crippen molar-refractivity contribution in [2.45, 2.75) is 0 Å². The second-order valence-corrected chi connectivity index (χ2v) is 6.91. The number of thiazole rings is 1. The van der Waals surface area contributed by atoms with Crippen LogP contribution in [0, 0.1) is 5.41 Å². The highest BCUT2D eigenvalue weighted by Gasteiger charge is 2.16. The topological polar surface area (TPSA) is 101 Å². The predicted molar refractivity (Wildman–Crippen MR) is 93.0 cm³/mol. The molecule has 0 bridgehead atoms. The van der Waals surface area contributed by atoms with E-state index in [9.17, 15) is 0 Å². The molecule has 106 valence electrons. The smallest absolute Gasteiger partial charge is 0.212 e. The Bertz CT molecular complexity index is 831. The molecule has 2 aromatic heterocycles. The highest BCUT2D eigenvalue weighted by atomic mass is 79.9. The molecule has 3 aromatic rings. The number of thiophene rings is 1. The molecule has 0 aliphatic carbocycles. The first kappa shape index (κ1) is 14.2. The third-order valence-electron chi connectivity index (χ3n) is 2.75. The molecule has 0 amide bonds. The Balaban J connectivity index is 2.05. The third-order valence-corrected chi connectivity index (χ3v) is 5.61. The number of aliphatic imine (C=N–C) groups is 1. The van der Waals surface area contributed by atoms with Gasteiger partial charge >= 0.3 is 0 Å². The quantitative estimate of drug-likeness (QED) is 0.479. The van der Waals surface area contributed by atoms with Gasteiger partial charge in [0, 0.05) is 9.85 Å². The van der Waals surface area contributed by atoms with Crippen LogP contribution in [0.3, 0.4) is 0 Å². The van der Waals surface area contributed by atoms with Crippen molar-refractivity contribution in [3.63, 3.8) is 0 Å². The summed E-state index contributed by atoms with van der Waals surface area (Å²) in [5.74, 6) is 0.274. The maximum Gasteiger partial charge on any atom is 0.212 e. The summed E-state index contributed by atoms with van der Waals surface area (Å²) in [6, 6.07) is 7.82. The van der Waals surface area contributed by atoms with Crippen LogP contribution in [0.15, 0.2) is 39.1 Å². The average molecular weight is 380 g/mol. The molecule has 1 aromatic carbocycles. The second kappa shape index (κ2) is 5.55. The summed E-state index contributed by atoms with van der Waals surface area (Å²) in [5.41, 5.74) is 13.1. The molecule has 21 heavy (non-hydrogen) atoms. The number of benzene rings is 1. The van der Waals surface area contributed by atoms with Crippen molar-refractivity contribution in [3.8, 4) is 0 Å². The monoisotopic (exact) mass is 379 g/mol. The minimum absolute atomic E-state index is 0.0411. The summed E-state index contributed by atoms with van der Waals surface area (Å²) in [4.78, 5) is 9.46. The molecule has 0 spiro atoms. The summed E-state index contributed by atoms with van der Waals surface area (Å²) in [5, 5.41) is 10.1. The lowest BCUT2D eigenvalue weighted by Gasteiger charge is -2.01. The number of rotatable bonds is 3. The minimum Gasteiger partial charge on any atom is -0.384 e. The molecule has 0 unspecified atom stereocenters. The predicted octanol–water partition coefficient (Wildman–Crippen LogP) is 3.44. The van der Waals surface area contributed by atoms with Crippen LogP contribution < -0.4 is 11.5 Å². The number of nitrogens with two attached hydrogens (primary N) is 2. The summed E-state index contributed by atoms with van der Waals surface area (Å²) in [6.07, 6.45) is 0. The summed E-state index contributed by atoms with van der Waals surface area (Å²) >= 11 is 6.23. The fraction of sp³-hybridized carbons (Fsp3) is 0. The SMILES string of the molecule is N=C(N)c1c(Br)csc1/C(N)=N/c1nc2ccccc2s1. The molecule has 0 aliphatic rings. The molecule has 8 heteroatoms. The Morgan fingerprint density at radius 1 is 1.29 bits per heavy atom. The molecule has 0 radical (unpaired) electrons. The van der Waals surface area contributed by atoms with E-state index >= 15 is 0 Å². The number of amidine groups is 2. The van der Waals surface area contributed by atoms with E-state index in [2.05, 4.69) is 25.9 Å². The van der Waals surface area contributed by atoms with Gasteiger partial charge in [-0.1, -0.05) is 23.5 Å². The van der Waals surface area contributed by atoms with Crippen LogP contribution in [0.1, 0.15) is 10.4 Å². The van der Waals surface area contributed by atoms with Crippen LogP contribution in [0.4, 0.5) is 5.13 Å². The Kier molecular flexibility index (Phi) is 3.75. The third kappa shape index (κ3) is 2.69.